The fourth-order valence-corrected chi connectivity index (χ4v) is 3.97. The van der Waals surface area contributed by atoms with E-state index in [4.69, 9.17) is 9.26 Å². The number of nitrogens with zero attached hydrogens (tertiary/aromatic N) is 1. The molecule has 1 spiro atoms. The van der Waals surface area contributed by atoms with Crippen molar-refractivity contribution in [2.24, 2.45) is 5.41 Å². The molecule has 2 unspecified atom stereocenters. The summed E-state index contributed by atoms with van der Waals surface area (Å²) in [7, 11) is 0. The second-order valence-corrected chi connectivity index (χ2v) is 6.34. The Hall–Kier alpha value is -1.56. The molecule has 0 aliphatic heterocycles. The van der Waals surface area contributed by atoms with Crippen molar-refractivity contribution in [3.63, 3.8) is 0 Å². The molecule has 2 aliphatic rings. The van der Waals surface area contributed by atoms with E-state index in [1.165, 1.54) is 25.5 Å². The molecule has 0 radical (unpaired) electrons. The summed E-state index contributed by atoms with van der Waals surface area (Å²) >= 11 is 0. The van der Waals surface area contributed by atoms with Gasteiger partial charge in [-0.1, -0.05) is 24.4 Å². The van der Waals surface area contributed by atoms with E-state index in [9.17, 15) is 4.79 Å². The molecule has 2 saturated carbocycles. The minimum atomic E-state index is -0.132. The number of hydrogen-bond acceptors (Lipinski definition) is 4. The molecular formula is C16H25N3O3. The van der Waals surface area contributed by atoms with Crippen LogP contribution in [-0.4, -0.2) is 29.9 Å². The minimum absolute atomic E-state index is 0.132. The fraction of sp³-hybridized carbons (Fsp3) is 0.750. The van der Waals surface area contributed by atoms with Crippen molar-refractivity contribution in [3.8, 4) is 0 Å². The van der Waals surface area contributed by atoms with Crippen LogP contribution in [0.1, 0.15) is 51.1 Å². The van der Waals surface area contributed by atoms with Crippen molar-refractivity contribution in [3.05, 3.63) is 18.0 Å². The first-order valence-corrected chi connectivity index (χ1v) is 8.30. The highest BCUT2D eigenvalue weighted by molar-refractivity contribution is 5.74. The van der Waals surface area contributed by atoms with Crippen molar-refractivity contribution in [1.82, 2.24) is 15.8 Å². The van der Waals surface area contributed by atoms with Crippen LogP contribution in [0.2, 0.25) is 0 Å². The molecular weight excluding hydrogens is 282 g/mol. The number of rotatable bonds is 5. The maximum atomic E-state index is 12.1. The van der Waals surface area contributed by atoms with Gasteiger partial charge < -0.3 is 19.9 Å². The molecule has 1 heterocycles. The summed E-state index contributed by atoms with van der Waals surface area (Å²) in [4.78, 5) is 12.1. The minimum Gasteiger partial charge on any atom is -0.378 e. The number of carbonyl (C=O) groups excluding carboxylic acids is 1. The van der Waals surface area contributed by atoms with Gasteiger partial charge >= 0.3 is 6.03 Å². The topological polar surface area (TPSA) is 76.4 Å². The molecule has 0 aromatic carbocycles. The van der Waals surface area contributed by atoms with E-state index in [0.29, 0.717) is 12.6 Å². The van der Waals surface area contributed by atoms with E-state index in [1.807, 2.05) is 6.92 Å². The summed E-state index contributed by atoms with van der Waals surface area (Å²) < 4.78 is 10.7. The maximum Gasteiger partial charge on any atom is 0.315 e. The average Bonchev–Trinajstić information content (AvgIpc) is 3.06. The lowest BCUT2D eigenvalue weighted by molar-refractivity contribution is -0.146. The van der Waals surface area contributed by atoms with E-state index < -0.39 is 0 Å². The quantitative estimate of drug-likeness (QED) is 0.876. The van der Waals surface area contributed by atoms with Gasteiger partial charge in [-0.2, -0.15) is 0 Å². The van der Waals surface area contributed by atoms with Gasteiger partial charge in [0.05, 0.1) is 12.6 Å². The van der Waals surface area contributed by atoms with E-state index in [-0.39, 0.29) is 17.5 Å². The molecule has 2 N–H and O–H groups in total. The Morgan fingerprint density at radius 3 is 2.95 bits per heavy atom. The summed E-state index contributed by atoms with van der Waals surface area (Å²) in [5.74, 6) is 0. The van der Waals surface area contributed by atoms with Crippen molar-refractivity contribution >= 4 is 6.03 Å². The molecule has 2 aliphatic carbocycles. The van der Waals surface area contributed by atoms with E-state index in [2.05, 4.69) is 15.8 Å². The van der Waals surface area contributed by atoms with Crippen LogP contribution in [-0.2, 0) is 11.3 Å². The second kappa shape index (κ2) is 6.69. The van der Waals surface area contributed by atoms with Crippen LogP contribution in [0.5, 0.6) is 0 Å². The predicted octanol–water partition coefficient (Wildman–Crippen LogP) is 2.60. The van der Waals surface area contributed by atoms with Gasteiger partial charge in [-0.25, -0.2) is 4.79 Å². The standard InChI is InChI=1S/C16H25N3O3/c1-2-21-14-10-13(16(14)7-4-3-5-8-16)18-15(20)17-11-12-6-9-22-19-12/h6,9,13-14H,2-5,7-8,10-11H2,1H3,(H2,17,18,20). The Morgan fingerprint density at radius 1 is 1.45 bits per heavy atom. The number of amides is 2. The normalized spacial score (nSPS) is 26.4. The summed E-state index contributed by atoms with van der Waals surface area (Å²) in [6, 6.07) is 1.84. The lowest BCUT2D eigenvalue weighted by atomic mass is 9.55. The number of ether oxygens (including phenoxy) is 1. The van der Waals surface area contributed by atoms with Crippen LogP contribution < -0.4 is 10.6 Å². The Labute approximate surface area is 131 Å². The van der Waals surface area contributed by atoms with Crippen molar-refractivity contribution in [1.29, 1.82) is 0 Å². The van der Waals surface area contributed by atoms with Gasteiger partial charge in [0.15, 0.2) is 0 Å². The molecule has 6 nitrogen and oxygen atoms in total. The highest BCUT2D eigenvalue weighted by atomic mass is 16.5. The summed E-state index contributed by atoms with van der Waals surface area (Å²) in [5, 5.41) is 9.76. The second-order valence-electron chi connectivity index (χ2n) is 6.34. The average molecular weight is 307 g/mol. The lowest BCUT2D eigenvalue weighted by Gasteiger charge is -2.57. The molecule has 0 saturated heterocycles. The molecule has 2 atom stereocenters. The monoisotopic (exact) mass is 307 g/mol. The number of aromatic nitrogens is 1. The van der Waals surface area contributed by atoms with Gasteiger partial charge in [-0.15, -0.1) is 0 Å². The largest absolute Gasteiger partial charge is 0.378 e. The number of carbonyl (C=O) groups is 1. The first kappa shape index (κ1) is 15.3. The van der Waals surface area contributed by atoms with Gasteiger partial charge in [0.1, 0.15) is 12.0 Å². The Kier molecular flexibility index (Phi) is 4.66. The summed E-state index contributed by atoms with van der Waals surface area (Å²) in [6.07, 6.45) is 8.82. The first-order valence-electron chi connectivity index (χ1n) is 8.30. The zero-order chi connectivity index (χ0) is 15.4. The van der Waals surface area contributed by atoms with Crippen LogP contribution in [0.25, 0.3) is 0 Å². The van der Waals surface area contributed by atoms with Crippen LogP contribution in [0.4, 0.5) is 4.79 Å². The van der Waals surface area contributed by atoms with Crippen molar-refractivity contribution in [2.45, 2.75) is 64.1 Å². The highest BCUT2D eigenvalue weighted by Gasteiger charge is 2.56. The van der Waals surface area contributed by atoms with E-state index in [0.717, 1.165) is 31.6 Å². The number of hydrogen-bond donors (Lipinski definition) is 2. The van der Waals surface area contributed by atoms with Gasteiger partial charge in [-0.3, -0.25) is 0 Å². The molecule has 22 heavy (non-hydrogen) atoms. The van der Waals surface area contributed by atoms with Crippen molar-refractivity contribution < 1.29 is 14.1 Å². The summed E-state index contributed by atoms with van der Waals surface area (Å²) in [6.45, 7) is 3.18. The SMILES string of the molecule is CCOC1CC(NC(=O)NCc2ccon2)C12CCCCC2. The van der Waals surface area contributed by atoms with E-state index in [1.54, 1.807) is 6.07 Å². The maximum absolute atomic E-state index is 12.1. The van der Waals surface area contributed by atoms with Crippen LogP contribution in [0.15, 0.2) is 16.9 Å². The first-order chi connectivity index (χ1) is 10.7. The predicted molar refractivity (Wildman–Crippen MR) is 81.2 cm³/mol. The third-order valence-electron chi connectivity index (χ3n) is 5.16. The van der Waals surface area contributed by atoms with Gasteiger partial charge in [0, 0.05) is 24.1 Å². The Morgan fingerprint density at radius 2 is 2.27 bits per heavy atom. The van der Waals surface area contributed by atoms with Crippen LogP contribution in [0.3, 0.4) is 0 Å². The molecule has 3 rings (SSSR count). The van der Waals surface area contributed by atoms with Crippen LogP contribution in [0, 0.1) is 5.41 Å². The number of nitrogens with one attached hydrogen (secondary N) is 2. The molecule has 6 heteroatoms. The molecule has 2 amide bonds. The highest BCUT2D eigenvalue weighted by Crippen LogP contribution is 2.53. The zero-order valence-electron chi connectivity index (χ0n) is 13.1. The number of urea groups is 1. The van der Waals surface area contributed by atoms with Crippen LogP contribution >= 0.6 is 0 Å². The zero-order valence-corrected chi connectivity index (χ0v) is 13.1. The third kappa shape index (κ3) is 2.97. The van der Waals surface area contributed by atoms with Crippen molar-refractivity contribution in [2.75, 3.05) is 6.61 Å². The Bertz CT molecular complexity index is 483. The van der Waals surface area contributed by atoms with Gasteiger partial charge in [0.25, 0.3) is 0 Å². The molecule has 1 aromatic rings. The molecule has 122 valence electrons. The lowest BCUT2D eigenvalue weighted by Crippen LogP contribution is -2.66. The fourth-order valence-electron chi connectivity index (χ4n) is 3.97. The third-order valence-corrected chi connectivity index (χ3v) is 5.16. The Balaban J connectivity index is 1.53. The summed E-state index contributed by atoms with van der Waals surface area (Å²) in [5.41, 5.74) is 0.878. The smallest absolute Gasteiger partial charge is 0.315 e. The molecule has 0 bridgehead atoms. The van der Waals surface area contributed by atoms with Gasteiger partial charge in [0.2, 0.25) is 0 Å². The molecule has 1 aromatic heterocycles. The molecule has 2 fully saturated rings. The van der Waals surface area contributed by atoms with Gasteiger partial charge in [-0.05, 0) is 26.2 Å². The van der Waals surface area contributed by atoms with E-state index >= 15 is 0 Å².